The fourth-order valence-electron chi connectivity index (χ4n) is 2.95. The minimum atomic E-state index is -2.68. The number of carbonyl (C=O) groups is 1. The van der Waals surface area contributed by atoms with Gasteiger partial charge in [0.25, 0.3) is 0 Å². The Balaban J connectivity index is 1.56. The van der Waals surface area contributed by atoms with Crippen molar-refractivity contribution >= 4 is 39.9 Å². The minimum absolute atomic E-state index is 0.0821. The van der Waals surface area contributed by atoms with Crippen molar-refractivity contribution in [3.63, 3.8) is 0 Å². The molecule has 1 aliphatic heterocycles. The smallest absolute Gasteiger partial charge is 0.409 e. The molecular formula is C17H23N3O4S2. The van der Waals surface area contributed by atoms with Crippen LogP contribution in [0.1, 0.15) is 25.3 Å². The van der Waals surface area contributed by atoms with Gasteiger partial charge in [0.05, 0.1) is 6.61 Å². The van der Waals surface area contributed by atoms with Crippen LogP contribution in [0.2, 0.25) is 0 Å². The fraction of sp³-hybridized carbons (Fsp3) is 0.529. The number of hydrogen-bond donors (Lipinski definition) is 2. The molecule has 1 heterocycles. The summed E-state index contributed by atoms with van der Waals surface area (Å²) < 4.78 is 29.1. The summed E-state index contributed by atoms with van der Waals surface area (Å²) in [6.45, 7) is 4.35. The summed E-state index contributed by atoms with van der Waals surface area (Å²) in [6.07, 6.45) is 2.08. The van der Waals surface area contributed by atoms with E-state index in [4.69, 9.17) is 17.0 Å². The Hall–Kier alpha value is -1.87. The lowest BCUT2D eigenvalue weighted by Crippen LogP contribution is -2.55. The van der Waals surface area contributed by atoms with E-state index in [1.54, 1.807) is 29.2 Å². The molecule has 1 saturated heterocycles. The molecule has 1 aromatic rings. The van der Waals surface area contributed by atoms with Crippen LogP contribution in [0.15, 0.2) is 24.3 Å². The van der Waals surface area contributed by atoms with Crippen LogP contribution in [-0.4, -0.2) is 61.6 Å². The fourth-order valence-corrected chi connectivity index (χ4v) is 3.72. The van der Waals surface area contributed by atoms with E-state index in [-0.39, 0.29) is 12.1 Å². The molecule has 1 saturated carbocycles. The third-order valence-corrected chi connectivity index (χ3v) is 5.55. The molecule has 1 atom stereocenters. The van der Waals surface area contributed by atoms with Crippen LogP contribution >= 0.6 is 12.2 Å². The lowest BCUT2D eigenvalue weighted by Gasteiger charge is -2.40. The van der Waals surface area contributed by atoms with Crippen LogP contribution in [0.25, 0.3) is 0 Å². The van der Waals surface area contributed by atoms with Gasteiger partial charge in [0, 0.05) is 36.9 Å². The zero-order valence-electron chi connectivity index (χ0n) is 14.6. The van der Waals surface area contributed by atoms with Gasteiger partial charge in [-0.3, -0.25) is 4.72 Å². The lowest BCUT2D eigenvalue weighted by atomic mass is 10.1. The van der Waals surface area contributed by atoms with Crippen molar-refractivity contribution in [2.24, 2.45) is 5.92 Å². The Morgan fingerprint density at radius 2 is 1.96 bits per heavy atom. The first-order valence-electron chi connectivity index (χ1n) is 8.68. The van der Waals surface area contributed by atoms with Crippen LogP contribution in [-0.2, 0) is 15.6 Å². The second kappa shape index (κ2) is 8.22. The number of ether oxygens (including phenoxy) is 1. The van der Waals surface area contributed by atoms with Crippen molar-refractivity contribution in [1.82, 2.24) is 9.80 Å². The highest BCUT2D eigenvalue weighted by atomic mass is 32.2. The summed E-state index contributed by atoms with van der Waals surface area (Å²) >= 11 is 5.60. The Morgan fingerprint density at radius 1 is 1.27 bits per heavy atom. The second-order valence-corrected chi connectivity index (χ2v) is 7.88. The molecule has 0 bridgehead atoms. The predicted octanol–water partition coefficient (Wildman–Crippen LogP) is 1.85. The zero-order valence-corrected chi connectivity index (χ0v) is 16.3. The molecule has 3 rings (SSSR count). The quantitative estimate of drug-likeness (QED) is 0.583. The normalized spacial score (nSPS) is 20.2. The van der Waals surface area contributed by atoms with Gasteiger partial charge in [-0.15, -0.1) is 0 Å². The van der Waals surface area contributed by atoms with E-state index >= 15 is 0 Å². The highest BCUT2D eigenvalue weighted by molar-refractivity contribution is 7.80. The third-order valence-electron chi connectivity index (χ3n) is 4.64. The number of nitrogens with zero attached hydrogens (tertiary/aromatic N) is 2. The molecule has 9 heteroatoms. The summed E-state index contributed by atoms with van der Waals surface area (Å²) in [7, 11) is -2.68. The number of thiol groups is 1. The Labute approximate surface area is 160 Å². The third kappa shape index (κ3) is 4.85. The van der Waals surface area contributed by atoms with Crippen LogP contribution in [0.5, 0.6) is 0 Å². The highest BCUT2D eigenvalue weighted by Gasteiger charge is 2.30. The number of anilines is 1. The predicted molar refractivity (Wildman–Crippen MR) is 104 cm³/mol. The van der Waals surface area contributed by atoms with Gasteiger partial charge in [0.15, 0.2) is 0 Å². The van der Waals surface area contributed by atoms with E-state index in [2.05, 4.69) is 9.62 Å². The summed E-state index contributed by atoms with van der Waals surface area (Å²) in [6, 6.07) is 7.05. The van der Waals surface area contributed by atoms with Crippen molar-refractivity contribution in [2.45, 2.75) is 25.8 Å². The Kier molecular flexibility index (Phi) is 5.98. The van der Waals surface area contributed by atoms with Gasteiger partial charge in [0.2, 0.25) is 10.9 Å². The molecule has 1 amide bonds. The van der Waals surface area contributed by atoms with Gasteiger partial charge < -0.3 is 14.5 Å². The molecular weight excluding hydrogens is 374 g/mol. The summed E-state index contributed by atoms with van der Waals surface area (Å²) in [4.78, 5) is 16.7. The molecule has 1 aromatic carbocycles. The van der Waals surface area contributed by atoms with E-state index in [1.807, 2.05) is 6.92 Å². The summed E-state index contributed by atoms with van der Waals surface area (Å²) in [5.41, 5.74) is 1.35. The van der Waals surface area contributed by atoms with Gasteiger partial charge in [-0.1, -0.05) is 12.2 Å². The number of nitrogens with one attached hydrogen (secondary N) is 1. The number of rotatable bonds is 5. The summed E-state index contributed by atoms with van der Waals surface area (Å²) in [5.74, 6) is 0.558. The average Bonchev–Trinajstić information content (AvgIpc) is 3.43. The monoisotopic (exact) mass is 397 g/mol. The summed E-state index contributed by atoms with van der Waals surface area (Å²) in [5, 5.41) is 0. The maximum atomic E-state index is 12.1. The van der Waals surface area contributed by atoms with Crippen LogP contribution in [0.4, 0.5) is 10.5 Å². The first kappa shape index (κ1) is 18.9. The number of benzene rings is 1. The van der Waals surface area contributed by atoms with Crippen LogP contribution < -0.4 is 4.72 Å². The molecule has 7 nitrogen and oxygen atoms in total. The van der Waals surface area contributed by atoms with Gasteiger partial charge in [-0.05, 0) is 49.9 Å². The largest absolute Gasteiger partial charge is 0.449 e. The molecule has 0 radical (unpaired) electrons. The first-order valence-corrected chi connectivity index (χ1v) is 10.3. The van der Waals surface area contributed by atoms with E-state index in [9.17, 15) is 13.2 Å². The van der Waals surface area contributed by atoms with Gasteiger partial charge in [-0.2, -0.15) is 0 Å². The molecule has 0 spiro atoms. The Bertz CT molecular complexity index is 739. The van der Waals surface area contributed by atoms with Crippen molar-refractivity contribution in [1.29, 1.82) is 0 Å². The SMILES string of the molecule is C[C@@H]1CN(C(=O)OCC2CC2)CCN1C(=S)c1ccc(N[SH](=O)=O)cc1. The molecule has 1 aliphatic carbocycles. The number of thiocarbonyl (C=S) groups is 1. The molecule has 2 aliphatic rings. The topological polar surface area (TPSA) is 79.0 Å². The molecule has 142 valence electrons. The highest BCUT2D eigenvalue weighted by Crippen LogP contribution is 2.29. The molecule has 2 fully saturated rings. The van der Waals surface area contributed by atoms with Gasteiger partial charge in [-0.25, -0.2) is 13.2 Å². The molecule has 0 aromatic heterocycles. The van der Waals surface area contributed by atoms with Gasteiger partial charge >= 0.3 is 6.09 Å². The maximum Gasteiger partial charge on any atom is 0.409 e. The zero-order chi connectivity index (χ0) is 18.7. The van der Waals surface area contributed by atoms with E-state index in [0.29, 0.717) is 42.8 Å². The van der Waals surface area contributed by atoms with Gasteiger partial charge in [0.1, 0.15) is 4.99 Å². The van der Waals surface area contributed by atoms with E-state index in [1.165, 1.54) is 0 Å². The van der Waals surface area contributed by atoms with Crippen molar-refractivity contribution < 1.29 is 17.9 Å². The molecule has 0 unspecified atom stereocenters. The minimum Gasteiger partial charge on any atom is -0.449 e. The molecule has 26 heavy (non-hydrogen) atoms. The maximum absolute atomic E-state index is 12.1. The number of piperazine rings is 1. The average molecular weight is 398 g/mol. The van der Waals surface area contributed by atoms with Crippen molar-refractivity contribution in [3.05, 3.63) is 29.8 Å². The molecule has 1 N–H and O–H groups in total. The number of hydrogen-bond acceptors (Lipinski definition) is 5. The second-order valence-electron chi connectivity index (χ2n) is 6.76. The van der Waals surface area contributed by atoms with Crippen molar-refractivity contribution in [3.8, 4) is 0 Å². The van der Waals surface area contributed by atoms with Crippen LogP contribution in [0.3, 0.4) is 0 Å². The van der Waals surface area contributed by atoms with E-state index < -0.39 is 10.9 Å². The van der Waals surface area contributed by atoms with E-state index in [0.717, 1.165) is 18.4 Å². The lowest BCUT2D eigenvalue weighted by molar-refractivity contribution is 0.0730. The standard InChI is InChI=1S/C17H23N3O4S2/c1-12-10-19(17(21)24-11-13-2-3-13)8-9-20(12)16(25)14-4-6-15(7-5-14)18-26(22)23/h4-7,12-13,26H,2-3,8-11H2,1H3,(H,18,22,23)/t12-/m1/s1. The van der Waals surface area contributed by atoms with Crippen molar-refractivity contribution in [2.75, 3.05) is 31.0 Å². The Morgan fingerprint density at radius 3 is 2.54 bits per heavy atom. The number of amides is 1. The first-order chi connectivity index (χ1) is 12.4. The number of carbonyl (C=O) groups excluding carboxylic acids is 1. The van der Waals surface area contributed by atoms with Crippen LogP contribution in [0, 0.1) is 5.92 Å².